The zero-order valence-corrected chi connectivity index (χ0v) is 17.3. The first-order chi connectivity index (χ1) is 14.8. The van der Waals surface area contributed by atoms with Crippen molar-refractivity contribution >= 4 is 11.8 Å². The number of benzene rings is 2. The summed E-state index contributed by atoms with van der Waals surface area (Å²) < 4.78 is 22.4. The van der Waals surface area contributed by atoms with E-state index in [2.05, 4.69) is 15.2 Å². The third-order valence-corrected chi connectivity index (χ3v) is 5.09. The summed E-state index contributed by atoms with van der Waals surface area (Å²) in [5.74, 6) is 3.72. The fraction of sp³-hybridized carbons (Fsp3) is 0.136. The van der Waals surface area contributed by atoms with Crippen molar-refractivity contribution in [1.29, 1.82) is 0 Å². The number of para-hydroxylation sites is 1. The van der Waals surface area contributed by atoms with Crippen LogP contribution in [0.4, 0.5) is 0 Å². The number of nitrogens with zero attached hydrogens (tertiary/aromatic N) is 3. The summed E-state index contributed by atoms with van der Waals surface area (Å²) in [6, 6.07) is 17.0. The van der Waals surface area contributed by atoms with Crippen molar-refractivity contribution in [2.75, 3.05) is 14.2 Å². The van der Waals surface area contributed by atoms with Crippen molar-refractivity contribution in [3.8, 4) is 34.5 Å². The third-order valence-electron chi connectivity index (χ3n) is 4.22. The van der Waals surface area contributed by atoms with Gasteiger partial charge in [-0.2, -0.15) is 0 Å². The third kappa shape index (κ3) is 4.55. The Labute approximate surface area is 178 Å². The summed E-state index contributed by atoms with van der Waals surface area (Å²) in [6.45, 7) is 0. The van der Waals surface area contributed by atoms with Gasteiger partial charge in [-0.15, -0.1) is 10.2 Å². The second-order valence-electron chi connectivity index (χ2n) is 6.13. The zero-order valence-electron chi connectivity index (χ0n) is 16.4. The molecule has 7 nitrogen and oxygen atoms in total. The highest BCUT2D eigenvalue weighted by Gasteiger charge is 2.14. The molecule has 0 saturated carbocycles. The normalized spacial score (nSPS) is 10.6. The maximum atomic E-state index is 5.95. The smallest absolute Gasteiger partial charge is 0.277 e. The molecule has 4 rings (SSSR count). The summed E-state index contributed by atoms with van der Waals surface area (Å²) in [5.41, 5.74) is 1.77. The molecule has 0 spiro atoms. The van der Waals surface area contributed by atoms with Crippen LogP contribution in [0.1, 0.15) is 5.56 Å². The van der Waals surface area contributed by atoms with Gasteiger partial charge < -0.3 is 18.6 Å². The molecule has 0 amide bonds. The van der Waals surface area contributed by atoms with Crippen molar-refractivity contribution < 1.29 is 18.6 Å². The van der Waals surface area contributed by atoms with E-state index in [4.69, 9.17) is 18.6 Å². The average Bonchev–Trinajstić information content (AvgIpc) is 3.28. The van der Waals surface area contributed by atoms with Gasteiger partial charge in [0.25, 0.3) is 5.22 Å². The summed E-state index contributed by atoms with van der Waals surface area (Å²) >= 11 is 1.44. The van der Waals surface area contributed by atoms with Crippen LogP contribution in [0.15, 0.2) is 76.6 Å². The second kappa shape index (κ2) is 9.32. The first-order valence-electron chi connectivity index (χ1n) is 9.11. The topological polar surface area (TPSA) is 79.5 Å². The number of thioether (sulfide) groups is 1. The fourth-order valence-electron chi connectivity index (χ4n) is 2.75. The molecule has 0 atom stereocenters. The van der Waals surface area contributed by atoms with Gasteiger partial charge in [-0.1, -0.05) is 30.0 Å². The van der Waals surface area contributed by atoms with Crippen LogP contribution in [0.2, 0.25) is 0 Å². The van der Waals surface area contributed by atoms with Gasteiger partial charge in [0.2, 0.25) is 5.89 Å². The number of hydrogen-bond donors (Lipinski definition) is 0. The van der Waals surface area contributed by atoms with Crippen LogP contribution in [0.25, 0.3) is 11.5 Å². The summed E-state index contributed by atoms with van der Waals surface area (Å²) in [6.07, 6.45) is 3.39. The van der Waals surface area contributed by atoms with Gasteiger partial charge in [0.15, 0.2) is 11.5 Å². The largest absolute Gasteiger partial charge is 0.493 e. The van der Waals surface area contributed by atoms with Gasteiger partial charge in [0.1, 0.15) is 11.5 Å². The zero-order chi connectivity index (χ0) is 20.8. The Bertz CT molecular complexity index is 1120. The Morgan fingerprint density at radius 1 is 0.900 bits per heavy atom. The monoisotopic (exact) mass is 421 g/mol. The van der Waals surface area contributed by atoms with E-state index in [1.54, 1.807) is 38.7 Å². The minimum absolute atomic E-state index is 0.415. The van der Waals surface area contributed by atoms with Crippen LogP contribution in [0.3, 0.4) is 0 Å². The molecule has 2 aromatic carbocycles. The van der Waals surface area contributed by atoms with Gasteiger partial charge in [-0.3, -0.25) is 4.98 Å². The molecule has 30 heavy (non-hydrogen) atoms. The standard InChI is InChI=1S/C22H19N3O4S/c1-26-19-10-9-15(12-20(19)27-2)21-24-25-22(29-21)30-14-16-6-3-4-8-18(16)28-17-7-5-11-23-13-17/h3-13H,14H2,1-2H3. The maximum Gasteiger partial charge on any atom is 0.277 e. The summed E-state index contributed by atoms with van der Waals surface area (Å²) in [4.78, 5) is 4.08. The predicted octanol–water partition coefficient (Wildman–Crippen LogP) is 5.23. The Morgan fingerprint density at radius 2 is 1.77 bits per heavy atom. The Balaban J connectivity index is 1.47. The van der Waals surface area contributed by atoms with Crippen LogP contribution in [0.5, 0.6) is 23.0 Å². The Hall–Kier alpha value is -3.52. The van der Waals surface area contributed by atoms with Crippen molar-refractivity contribution in [3.63, 3.8) is 0 Å². The summed E-state index contributed by atoms with van der Waals surface area (Å²) in [5, 5.41) is 8.76. The van der Waals surface area contributed by atoms with E-state index in [-0.39, 0.29) is 0 Å². The molecular weight excluding hydrogens is 402 g/mol. The molecule has 0 aliphatic rings. The SMILES string of the molecule is COc1ccc(-c2nnc(SCc3ccccc3Oc3cccnc3)o2)cc1OC. The van der Waals surface area contributed by atoms with E-state index in [1.165, 1.54) is 11.8 Å². The van der Waals surface area contributed by atoms with Crippen molar-refractivity contribution in [3.05, 3.63) is 72.6 Å². The number of ether oxygens (including phenoxy) is 3. The van der Waals surface area contributed by atoms with Gasteiger partial charge in [0.05, 0.1) is 20.4 Å². The highest BCUT2D eigenvalue weighted by molar-refractivity contribution is 7.98. The maximum absolute atomic E-state index is 5.95. The van der Waals surface area contributed by atoms with E-state index in [0.717, 1.165) is 16.9 Å². The van der Waals surface area contributed by atoms with E-state index in [0.29, 0.717) is 34.1 Å². The minimum Gasteiger partial charge on any atom is -0.493 e. The molecule has 8 heteroatoms. The van der Waals surface area contributed by atoms with E-state index >= 15 is 0 Å². The molecule has 0 N–H and O–H groups in total. The van der Waals surface area contributed by atoms with Crippen LogP contribution in [0, 0.1) is 0 Å². The van der Waals surface area contributed by atoms with Crippen molar-refractivity contribution in [1.82, 2.24) is 15.2 Å². The number of aromatic nitrogens is 3. The van der Waals surface area contributed by atoms with Gasteiger partial charge in [-0.05, 0) is 36.4 Å². The van der Waals surface area contributed by atoms with Crippen molar-refractivity contribution in [2.24, 2.45) is 0 Å². The molecule has 0 aliphatic heterocycles. The molecule has 0 aliphatic carbocycles. The van der Waals surface area contributed by atoms with Crippen molar-refractivity contribution in [2.45, 2.75) is 11.0 Å². The molecule has 2 heterocycles. The van der Waals surface area contributed by atoms with Crippen LogP contribution in [-0.4, -0.2) is 29.4 Å². The minimum atomic E-state index is 0.415. The first kappa shape index (κ1) is 19.8. The molecule has 2 aromatic heterocycles. The lowest BCUT2D eigenvalue weighted by Gasteiger charge is -2.09. The molecule has 0 fully saturated rings. The first-order valence-corrected chi connectivity index (χ1v) is 10.1. The molecule has 4 aromatic rings. The van der Waals surface area contributed by atoms with Gasteiger partial charge in [0, 0.05) is 23.1 Å². The summed E-state index contributed by atoms with van der Waals surface area (Å²) in [7, 11) is 3.18. The Morgan fingerprint density at radius 3 is 2.57 bits per heavy atom. The second-order valence-corrected chi connectivity index (χ2v) is 7.06. The molecular formula is C22H19N3O4S. The number of pyridine rings is 1. The lowest BCUT2D eigenvalue weighted by molar-refractivity contribution is 0.355. The van der Waals surface area contributed by atoms with E-state index in [9.17, 15) is 0 Å². The van der Waals surface area contributed by atoms with E-state index < -0.39 is 0 Å². The van der Waals surface area contributed by atoms with Gasteiger partial charge in [-0.25, -0.2) is 0 Å². The average molecular weight is 421 g/mol. The number of rotatable bonds is 8. The number of hydrogen-bond acceptors (Lipinski definition) is 8. The van der Waals surface area contributed by atoms with Crippen LogP contribution < -0.4 is 14.2 Å². The molecule has 0 saturated heterocycles. The number of methoxy groups -OCH3 is 2. The quantitative estimate of drug-likeness (QED) is 0.358. The molecule has 0 radical (unpaired) electrons. The molecule has 152 valence electrons. The Kier molecular flexibility index (Phi) is 6.14. The van der Waals surface area contributed by atoms with Gasteiger partial charge >= 0.3 is 0 Å². The van der Waals surface area contributed by atoms with Crippen LogP contribution in [-0.2, 0) is 5.75 Å². The highest BCUT2D eigenvalue weighted by Crippen LogP contribution is 2.34. The molecule has 0 bridgehead atoms. The van der Waals surface area contributed by atoms with E-state index in [1.807, 2.05) is 42.5 Å². The lowest BCUT2D eigenvalue weighted by atomic mass is 10.2. The van der Waals surface area contributed by atoms with Crippen LogP contribution >= 0.6 is 11.8 Å². The predicted molar refractivity (Wildman–Crippen MR) is 113 cm³/mol. The molecule has 0 unspecified atom stereocenters. The lowest BCUT2D eigenvalue weighted by Crippen LogP contribution is -1.90. The fourth-order valence-corrected chi connectivity index (χ4v) is 3.50. The highest BCUT2D eigenvalue weighted by atomic mass is 32.2.